The van der Waals surface area contributed by atoms with E-state index in [-0.39, 0.29) is 0 Å². The van der Waals surface area contributed by atoms with Crippen molar-refractivity contribution in [2.75, 3.05) is 0 Å². The van der Waals surface area contributed by atoms with Crippen LogP contribution in [0.5, 0.6) is 0 Å². The SMILES string of the molecule is Clc1ccc2c(n1)[nH]c1cccc(Br)c12. The monoisotopic (exact) mass is 280 g/mol. The average Bonchev–Trinajstić information content (AvgIpc) is 2.56. The van der Waals surface area contributed by atoms with Gasteiger partial charge < -0.3 is 4.98 Å². The molecule has 74 valence electrons. The van der Waals surface area contributed by atoms with Crippen molar-refractivity contribution in [3.05, 3.63) is 40.0 Å². The van der Waals surface area contributed by atoms with Gasteiger partial charge in [-0.2, -0.15) is 0 Å². The molecule has 0 atom stereocenters. The summed E-state index contributed by atoms with van der Waals surface area (Å²) in [6, 6.07) is 9.81. The van der Waals surface area contributed by atoms with Crippen molar-refractivity contribution in [1.29, 1.82) is 0 Å². The summed E-state index contributed by atoms with van der Waals surface area (Å²) >= 11 is 9.38. The fraction of sp³-hybridized carbons (Fsp3) is 0. The Morgan fingerprint density at radius 1 is 1.20 bits per heavy atom. The molecule has 2 heterocycles. The first-order chi connectivity index (χ1) is 7.25. The van der Waals surface area contributed by atoms with Gasteiger partial charge in [-0.1, -0.05) is 33.6 Å². The topological polar surface area (TPSA) is 28.7 Å². The van der Waals surface area contributed by atoms with Crippen molar-refractivity contribution in [2.24, 2.45) is 0 Å². The highest BCUT2D eigenvalue weighted by molar-refractivity contribution is 9.10. The first-order valence-electron chi connectivity index (χ1n) is 4.48. The summed E-state index contributed by atoms with van der Waals surface area (Å²) in [6.07, 6.45) is 0. The highest BCUT2D eigenvalue weighted by atomic mass is 79.9. The number of hydrogen-bond acceptors (Lipinski definition) is 1. The number of aromatic nitrogens is 2. The summed E-state index contributed by atoms with van der Waals surface area (Å²) in [6.45, 7) is 0. The van der Waals surface area contributed by atoms with Crippen molar-refractivity contribution in [3.8, 4) is 0 Å². The second kappa shape index (κ2) is 3.22. The molecule has 2 aromatic heterocycles. The van der Waals surface area contributed by atoms with Crippen LogP contribution in [-0.2, 0) is 0 Å². The Balaban J connectivity index is 2.59. The van der Waals surface area contributed by atoms with Crippen LogP contribution in [0.25, 0.3) is 21.9 Å². The summed E-state index contributed by atoms with van der Waals surface area (Å²) < 4.78 is 1.07. The Bertz CT molecular complexity index is 660. The molecule has 0 saturated carbocycles. The lowest BCUT2D eigenvalue weighted by molar-refractivity contribution is 1.35. The fourth-order valence-electron chi connectivity index (χ4n) is 1.76. The number of rotatable bonds is 0. The lowest BCUT2D eigenvalue weighted by Gasteiger charge is -1.93. The van der Waals surface area contributed by atoms with E-state index in [1.54, 1.807) is 6.07 Å². The number of fused-ring (bicyclic) bond motifs is 3. The maximum atomic E-state index is 5.84. The maximum absolute atomic E-state index is 5.84. The molecule has 3 rings (SSSR count). The largest absolute Gasteiger partial charge is 0.339 e. The van der Waals surface area contributed by atoms with Crippen LogP contribution in [0.1, 0.15) is 0 Å². The second-order valence-corrected chi connectivity index (χ2v) is 4.56. The van der Waals surface area contributed by atoms with Gasteiger partial charge in [-0.3, -0.25) is 0 Å². The van der Waals surface area contributed by atoms with E-state index in [0.29, 0.717) is 5.15 Å². The zero-order valence-corrected chi connectivity index (χ0v) is 9.93. The summed E-state index contributed by atoms with van der Waals surface area (Å²) in [4.78, 5) is 7.48. The maximum Gasteiger partial charge on any atom is 0.140 e. The Morgan fingerprint density at radius 2 is 2.07 bits per heavy atom. The molecule has 1 N–H and O–H groups in total. The third kappa shape index (κ3) is 1.34. The number of nitrogens with one attached hydrogen (secondary N) is 1. The van der Waals surface area contributed by atoms with Gasteiger partial charge >= 0.3 is 0 Å². The summed E-state index contributed by atoms with van der Waals surface area (Å²) in [5.74, 6) is 0. The first-order valence-corrected chi connectivity index (χ1v) is 5.65. The van der Waals surface area contributed by atoms with Crippen LogP contribution in [0.4, 0.5) is 0 Å². The van der Waals surface area contributed by atoms with Gasteiger partial charge in [-0.25, -0.2) is 4.98 Å². The molecule has 0 fully saturated rings. The molecule has 0 radical (unpaired) electrons. The lowest BCUT2D eigenvalue weighted by Crippen LogP contribution is -1.75. The van der Waals surface area contributed by atoms with Crippen molar-refractivity contribution in [2.45, 2.75) is 0 Å². The molecule has 0 amide bonds. The molecule has 0 unspecified atom stereocenters. The van der Waals surface area contributed by atoms with Crippen LogP contribution in [0.3, 0.4) is 0 Å². The predicted octanol–water partition coefficient (Wildman–Crippen LogP) is 4.13. The van der Waals surface area contributed by atoms with Gasteiger partial charge in [0.2, 0.25) is 0 Å². The Kier molecular flexibility index (Phi) is 1.97. The Labute approximate surface area is 99.4 Å². The highest BCUT2D eigenvalue weighted by Crippen LogP contribution is 2.31. The van der Waals surface area contributed by atoms with E-state index >= 15 is 0 Å². The van der Waals surface area contributed by atoms with E-state index < -0.39 is 0 Å². The van der Waals surface area contributed by atoms with Crippen molar-refractivity contribution >= 4 is 49.5 Å². The molecule has 3 aromatic rings. The molecule has 0 spiro atoms. The molecule has 15 heavy (non-hydrogen) atoms. The molecule has 4 heteroatoms. The van der Waals surface area contributed by atoms with Crippen LogP contribution in [-0.4, -0.2) is 9.97 Å². The minimum atomic E-state index is 0.505. The third-order valence-corrected chi connectivity index (χ3v) is 3.27. The number of hydrogen-bond donors (Lipinski definition) is 1. The van der Waals surface area contributed by atoms with Gasteiger partial charge in [0.15, 0.2) is 0 Å². The normalized spacial score (nSPS) is 11.3. The van der Waals surface area contributed by atoms with E-state index in [4.69, 9.17) is 11.6 Å². The minimum absolute atomic E-state index is 0.505. The zero-order valence-electron chi connectivity index (χ0n) is 7.59. The highest BCUT2D eigenvalue weighted by Gasteiger charge is 2.07. The molecule has 2 nitrogen and oxygen atoms in total. The average molecular weight is 282 g/mol. The predicted molar refractivity (Wildman–Crippen MR) is 66.3 cm³/mol. The van der Waals surface area contributed by atoms with Crippen LogP contribution >= 0.6 is 27.5 Å². The molecule has 0 saturated heterocycles. The molecular weight excluding hydrogens is 275 g/mol. The van der Waals surface area contributed by atoms with Gasteiger partial charge in [-0.15, -0.1) is 0 Å². The van der Waals surface area contributed by atoms with E-state index in [9.17, 15) is 0 Å². The summed E-state index contributed by atoms with van der Waals surface area (Å²) in [5.41, 5.74) is 1.89. The summed E-state index contributed by atoms with van der Waals surface area (Å²) in [5, 5.41) is 2.74. The molecule has 0 aliphatic rings. The van der Waals surface area contributed by atoms with Gasteiger partial charge in [0.1, 0.15) is 10.8 Å². The summed E-state index contributed by atoms with van der Waals surface area (Å²) in [7, 11) is 0. The smallest absolute Gasteiger partial charge is 0.140 e. The Morgan fingerprint density at radius 3 is 2.93 bits per heavy atom. The van der Waals surface area contributed by atoms with Gasteiger partial charge in [0.25, 0.3) is 0 Å². The Hall–Kier alpha value is -1.06. The molecule has 1 aromatic carbocycles. The van der Waals surface area contributed by atoms with Crippen LogP contribution < -0.4 is 0 Å². The van der Waals surface area contributed by atoms with E-state index in [1.807, 2.05) is 24.3 Å². The quantitative estimate of drug-likeness (QED) is 0.617. The standard InChI is InChI=1S/C11H6BrClN2/c12-7-2-1-3-8-10(7)6-4-5-9(13)15-11(6)14-8/h1-5H,(H,14,15). The van der Waals surface area contributed by atoms with Crippen LogP contribution in [0.15, 0.2) is 34.8 Å². The number of halogens is 2. The number of pyridine rings is 1. The number of H-pyrrole nitrogens is 1. The second-order valence-electron chi connectivity index (χ2n) is 3.32. The lowest BCUT2D eigenvalue weighted by atomic mass is 10.2. The molecule has 0 aliphatic carbocycles. The molecular formula is C11H6BrClN2. The van der Waals surface area contributed by atoms with Gasteiger partial charge in [0.05, 0.1) is 0 Å². The van der Waals surface area contributed by atoms with E-state index in [2.05, 4.69) is 25.9 Å². The molecule has 0 bridgehead atoms. The molecule has 0 aliphatic heterocycles. The number of nitrogens with zero attached hydrogens (tertiary/aromatic N) is 1. The van der Waals surface area contributed by atoms with Crippen molar-refractivity contribution < 1.29 is 0 Å². The van der Waals surface area contributed by atoms with Crippen LogP contribution in [0.2, 0.25) is 5.15 Å². The van der Waals surface area contributed by atoms with E-state index in [0.717, 1.165) is 26.4 Å². The number of benzene rings is 1. The fourth-order valence-corrected chi connectivity index (χ4v) is 2.49. The van der Waals surface area contributed by atoms with Crippen molar-refractivity contribution in [1.82, 2.24) is 9.97 Å². The van der Waals surface area contributed by atoms with Gasteiger partial charge in [-0.05, 0) is 24.3 Å². The van der Waals surface area contributed by atoms with Crippen LogP contribution in [0, 0.1) is 0 Å². The van der Waals surface area contributed by atoms with Crippen molar-refractivity contribution in [3.63, 3.8) is 0 Å². The number of aromatic amines is 1. The minimum Gasteiger partial charge on any atom is -0.339 e. The first kappa shape index (κ1) is 9.19. The van der Waals surface area contributed by atoms with Gasteiger partial charge in [0, 0.05) is 20.8 Å². The van der Waals surface area contributed by atoms with E-state index in [1.165, 1.54) is 0 Å². The third-order valence-electron chi connectivity index (χ3n) is 2.40. The zero-order chi connectivity index (χ0) is 10.4.